The highest BCUT2D eigenvalue weighted by Gasteiger charge is 2.58. The van der Waals surface area contributed by atoms with E-state index in [0.717, 1.165) is 0 Å². The van der Waals surface area contributed by atoms with Gasteiger partial charge in [-0.3, -0.25) is 0 Å². The van der Waals surface area contributed by atoms with Crippen LogP contribution in [0.15, 0.2) is 35.5 Å². The number of ether oxygens (including phenoxy) is 3. The van der Waals surface area contributed by atoms with Crippen molar-refractivity contribution in [2.45, 2.75) is 70.2 Å². The zero-order valence-electron chi connectivity index (χ0n) is 16.0. The van der Waals surface area contributed by atoms with Crippen LogP contribution in [-0.2, 0) is 23.8 Å². The smallest absolute Gasteiger partial charge is 0.334 e. The van der Waals surface area contributed by atoms with Crippen LogP contribution in [0.25, 0.3) is 0 Å². The minimum atomic E-state index is -1.37. The first kappa shape index (κ1) is 19.8. The number of hydrogen-bond donors (Lipinski definition) is 2. The average Bonchev–Trinajstić information content (AvgIpc) is 3.35. The molecule has 0 spiro atoms. The molecule has 0 unspecified atom stereocenters. The third-order valence-corrected chi connectivity index (χ3v) is 5.63. The fourth-order valence-corrected chi connectivity index (χ4v) is 3.78. The minimum Gasteiger partial charge on any atom is -0.458 e. The molecule has 7 atom stereocenters. The fraction of sp³-hybridized carbons (Fsp3) is 0.600. The second-order valence-electron chi connectivity index (χ2n) is 7.77. The lowest BCUT2D eigenvalue weighted by Crippen LogP contribution is -2.45. The normalized spacial score (nSPS) is 41.9. The second-order valence-corrected chi connectivity index (χ2v) is 7.77. The van der Waals surface area contributed by atoms with Crippen LogP contribution in [0.1, 0.15) is 34.1 Å². The van der Waals surface area contributed by atoms with Gasteiger partial charge in [0.2, 0.25) is 0 Å². The molecule has 0 radical (unpaired) electrons. The third kappa shape index (κ3) is 3.59. The molecule has 148 valence electrons. The number of hydrogen-bond acceptors (Lipinski definition) is 7. The molecular formula is C20H26O7. The molecule has 3 rings (SSSR count). The summed E-state index contributed by atoms with van der Waals surface area (Å²) in [7, 11) is 0. The molecule has 1 aliphatic carbocycles. The Morgan fingerprint density at radius 2 is 2.15 bits per heavy atom. The van der Waals surface area contributed by atoms with E-state index in [-0.39, 0.29) is 12.0 Å². The van der Waals surface area contributed by atoms with Crippen LogP contribution in [0.3, 0.4) is 0 Å². The van der Waals surface area contributed by atoms with Crippen LogP contribution in [0, 0.1) is 5.92 Å². The molecule has 0 bridgehead atoms. The molecule has 2 saturated heterocycles. The number of carbonyl (C=O) groups excluding carboxylic acids is 2. The first-order valence-electron chi connectivity index (χ1n) is 9.04. The summed E-state index contributed by atoms with van der Waals surface area (Å²) in [6, 6.07) is 0. The Balaban J connectivity index is 2.01. The van der Waals surface area contributed by atoms with Crippen molar-refractivity contribution in [2.75, 3.05) is 0 Å². The van der Waals surface area contributed by atoms with Crippen molar-refractivity contribution in [2.24, 2.45) is 5.92 Å². The van der Waals surface area contributed by atoms with Crippen LogP contribution in [-0.4, -0.2) is 58.3 Å². The quantitative estimate of drug-likeness (QED) is 0.322. The zero-order chi connectivity index (χ0) is 20.1. The SMILES string of the molecule is C=C1C(=O)O[C@H]2C=C(C)[C@@H](O)[C@H]3O[C@H]3[C@](C)(O)C[C@H](OC(=O)C(C)=CC)[C@@H]12. The Hall–Kier alpha value is -1.96. The summed E-state index contributed by atoms with van der Waals surface area (Å²) in [5, 5.41) is 21.4. The number of esters is 2. The Kier molecular flexibility index (Phi) is 5.05. The van der Waals surface area contributed by atoms with E-state index < -0.39 is 54.0 Å². The van der Waals surface area contributed by atoms with E-state index in [0.29, 0.717) is 11.1 Å². The highest BCUT2D eigenvalue weighted by Crippen LogP contribution is 2.44. The molecule has 2 N–H and O–H groups in total. The maximum atomic E-state index is 12.4. The number of rotatable bonds is 2. The van der Waals surface area contributed by atoms with Gasteiger partial charge >= 0.3 is 11.9 Å². The molecule has 2 heterocycles. The predicted molar refractivity (Wildman–Crippen MR) is 95.5 cm³/mol. The van der Waals surface area contributed by atoms with Crippen molar-refractivity contribution in [3.05, 3.63) is 35.5 Å². The van der Waals surface area contributed by atoms with Crippen LogP contribution < -0.4 is 0 Å². The van der Waals surface area contributed by atoms with Gasteiger partial charge in [-0.1, -0.05) is 12.7 Å². The number of aliphatic hydroxyl groups excluding tert-OH is 1. The Morgan fingerprint density at radius 3 is 2.78 bits per heavy atom. The molecular weight excluding hydrogens is 352 g/mol. The van der Waals surface area contributed by atoms with Gasteiger partial charge < -0.3 is 24.4 Å². The molecule has 0 aromatic rings. The summed E-state index contributed by atoms with van der Waals surface area (Å²) in [6.07, 6.45) is -0.349. The number of carbonyl (C=O) groups is 2. The summed E-state index contributed by atoms with van der Waals surface area (Å²) in [5.41, 5.74) is -0.206. The molecule has 7 heteroatoms. The lowest BCUT2D eigenvalue weighted by atomic mass is 9.80. The third-order valence-electron chi connectivity index (χ3n) is 5.63. The molecule has 2 fully saturated rings. The first-order valence-corrected chi connectivity index (χ1v) is 9.04. The molecule has 3 aliphatic rings. The zero-order valence-corrected chi connectivity index (χ0v) is 16.0. The molecule has 0 saturated carbocycles. The lowest BCUT2D eigenvalue weighted by molar-refractivity contribution is -0.151. The van der Waals surface area contributed by atoms with Crippen LogP contribution in [0.4, 0.5) is 0 Å². The van der Waals surface area contributed by atoms with Gasteiger partial charge in [0.15, 0.2) is 0 Å². The summed E-state index contributed by atoms with van der Waals surface area (Å²) < 4.78 is 16.6. The predicted octanol–water partition coefficient (Wildman–Crippen LogP) is 1.19. The Labute approximate surface area is 158 Å². The average molecular weight is 378 g/mol. The van der Waals surface area contributed by atoms with Crippen molar-refractivity contribution >= 4 is 11.9 Å². The monoisotopic (exact) mass is 378 g/mol. The Bertz CT molecular complexity index is 733. The van der Waals surface area contributed by atoms with Gasteiger partial charge in [0, 0.05) is 17.6 Å². The maximum absolute atomic E-state index is 12.4. The van der Waals surface area contributed by atoms with Crippen molar-refractivity contribution < 1.29 is 34.0 Å². The molecule has 0 amide bonds. The highest BCUT2D eigenvalue weighted by molar-refractivity contribution is 5.92. The van der Waals surface area contributed by atoms with E-state index in [1.54, 1.807) is 39.8 Å². The first-order chi connectivity index (χ1) is 12.6. The van der Waals surface area contributed by atoms with Gasteiger partial charge in [0.25, 0.3) is 0 Å². The van der Waals surface area contributed by atoms with Gasteiger partial charge in [0.1, 0.15) is 30.5 Å². The summed E-state index contributed by atoms with van der Waals surface area (Å²) in [4.78, 5) is 24.5. The Morgan fingerprint density at radius 1 is 1.48 bits per heavy atom. The second kappa shape index (κ2) is 6.89. The summed E-state index contributed by atoms with van der Waals surface area (Å²) in [5.74, 6) is -1.77. The van der Waals surface area contributed by atoms with Crippen molar-refractivity contribution in [3.63, 3.8) is 0 Å². The van der Waals surface area contributed by atoms with Crippen LogP contribution in [0.5, 0.6) is 0 Å². The summed E-state index contributed by atoms with van der Waals surface area (Å²) >= 11 is 0. The standard InChI is InChI=1S/C20H26O7/c1-6-9(2)18(22)26-13-8-20(5,24)17-16(27-17)15(21)10(3)7-12-14(13)11(4)19(23)25-12/h6-7,12-17,21,24H,4,8H2,1-3,5H3/t12-,13-,14-,15+,16+,17+,20+/m0/s1. The van der Waals surface area contributed by atoms with E-state index >= 15 is 0 Å². The molecule has 27 heavy (non-hydrogen) atoms. The summed E-state index contributed by atoms with van der Waals surface area (Å²) in [6.45, 7) is 10.4. The van der Waals surface area contributed by atoms with Crippen molar-refractivity contribution in [1.29, 1.82) is 0 Å². The van der Waals surface area contributed by atoms with Crippen molar-refractivity contribution in [1.82, 2.24) is 0 Å². The van der Waals surface area contributed by atoms with Gasteiger partial charge in [-0.25, -0.2) is 9.59 Å². The van der Waals surface area contributed by atoms with Crippen LogP contribution >= 0.6 is 0 Å². The maximum Gasteiger partial charge on any atom is 0.334 e. The largest absolute Gasteiger partial charge is 0.458 e. The number of epoxide rings is 1. The highest BCUT2D eigenvalue weighted by atomic mass is 16.6. The van der Waals surface area contributed by atoms with E-state index in [9.17, 15) is 19.8 Å². The number of allylic oxidation sites excluding steroid dienone is 1. The topological polar surface area (TPSA) is 106 Å². The van der Waals surface area contributed by atoms with Crippen molar-refractivity contribution in [3.8, 4) is 0 Å². The van der Waals surface area contributed by atoms with Gasteiger partial charge in [-0.2, -0.15) is 0 Å². The van der Waals surface area contributed by atoms with Gasteiger partial charge in [-0.05, 0) is 39.3 Å². The van der Waals surface area contributed by atoms with Crippen LogP contribution in [0.2, 0.25) is 0 Å². The number of fused-ring (bicyclic) bond motifs is 2. The molecule has 7 nitrogen and oxygen atoms in total. The minimum absolute atomic E-state index is 0.0212. The van der Waals surface area contributed by atoms with E-state index in [1.807, 2.05) is 0 Å². The molecule has 0 aromatic carbocycles. The molecule has 2 aliphatic heterocycles. The van der Waals surface area contributed by atoms with E-state index in [1.165, 1.54) is 0 Å². The van der Waals surface area contributed by atoms with E-state index in [4.69, 9.17) is 14.2 Å². The fourth-order valence-electron chi connectivity index (χ4n) is 3.78. The molecule has 0 aromatic heterocycles. The van der Waals surface area contributed by atoms with Gasteiger partial charge in [-0.15, -0.1) is 0 Å². The number of aliphatic hydroxyl groups is 2. The lowest BCUT2D eigenvalue weighted by Gasteiger charge is -2.33. The van der Waals surface area contributed by atoms with E-state index in [2.05, 4.69) is 6.58 Å². The van der Waals surface area contributed by atoms with Gasteiger partial charge in [0.05, 0.1) is 11.5 Å².